The number of halogens is 4. The van der Waals surface area contributed by atoms with E-state index in [1.54, 1.807) is 13.8 Å². The average Bonchev–Trinajstić information content (AvgIpc) is 2.91. The molecule has 0 saturated heterocycles. The second kappa shape index (κ2) is 8.94. The summed E-state index contributed by atoms with van der Waals surface area (Å²) >= 11 is 0. The third kappa shape index (κ3) is 5.14. The van der Waals surface area contributed by atoms with E-state index in [1.165, 1.54) is 0 Å². The largest absolute Gasteiger partial charge is 0.493 e. The highest BCUT2D eigenvalue weighted by Crippen LogP contribution is 2.31. The van der Waals surface area contributed by atoms with Gasteiger partial charge in [-0.1, -0.05) is 19.8 Å². The highest BCUT2D eigenvalue weighted by molar-refractivity contribution is 5.79. The number of benzene rings is 1. The van der Waals surface area contributed by atoms with Crippen molar-refractivity contribution in [1.82, 2.24) is 9.13 Å². The molecule has 0 aliphatic rings. The van der Waals surface area contributed by atoms with Crippen LogP contribution < -0.4 is 11.0 Å². The van der Waals surface area contributed by atoms with E-state index in [9.17, 15) is 32.3 Å². The van der Waals surface area contributed by atoms with Crippen LogP contribution >= 0.6 is 0 Å². The van der Waals surface area contributed by atoms with Crippen LogP contribution in [-0.4, -0.2) is 26.3 Å². The Morgan fingerprint density at radius 1 is 1.37 bits per heavy atom. The molecule has 2 N–H and O–H groups in total. The number of anilines is 1. The molecule has 11 heteroatoms. The number of terminal acetylenes is 1. The third-order valence-electron chi connectivity index (χ3n) is 4.15. The second-order valence-electron chi connectivity index (χ2n) is 6.68. The SMILES string of the molecule is C#CCn1cc(O)n(COC(=O)C(Nc2ccc(C(F)(F)F)cc2F)C(C)C)c1=O. The number of carbonyl (C=O) groups excluding carboxylic acids is 1. The van der Waals surface area contributed by atoms with Crippen LogP contribution in [0.25, 0.3) is 0 Å². The van der Waals surface area contributed by atoms with Gasteiger partial charge in [-0.3, -0.25) is 4.57 Å². The molecular weight excluding hydrogens is 410 g/mol. The van der Waals surface area contributed by atoms with Crippen LogP contribution in [0.5, 0.6) is 5.88 Å². The minimum absolute atomic E-state index is 0.100. The number of alkyl halides is 3. The Morgan fingerprint density at radius 2 is 2.03 bits per heavy atom. The maximum Gasteiger partial charge on any atom is 0.416 e. The van der Waals surface area contributed by atoms with Gasteiger partial charge in [0.2, 0.25) is 5.88 Å². The van der Waals surface area contributed by atoms with Gasteiger partial charge in [0.15, 0.2) is 6.73 Å². The zero-order valence-electron chi connectivity index (χ0n) is 16.0. The van der Waals surface area contributed by atoms with Crippen LogP contribution in [0.3, 0.4) is 0 Å². The molecule has 7 nitrogen and oxygen atoms in total. The van der Waals surface area contributed by atoms with E-state index < -0.39 is 53.8 Å². The van der Waals surface area contributed by atoms with Gasteiger partial charge in [0.05, 0.1) is 24.0 Å². The quantitative estimate of drug-likeness (QED) is 0.402. The lowest BCUT2D eigenvalue weighted by molar-refractivity contribution is -0.149. The molecule has 1 unspecified atom stereocenters. The Kier molecular flexibility index (Phi) is 6.81. The summed E-state index contributed by atoms with van der Waals surface area (Å²) in [5, 5.41) is 12.3. The summed E-state index contributed by atoms with van der Waals surface area (Å²) in [5.74, 6) is -0.799. The molecule has 1 atom stereocenters. The van der Waals surface area contributed by atoms with Crippen molar-refractivity contribution >= 4 is 11.7 Å². The summed E-state index contributed by atoms with van der Waals surface area (Å²) in [6.07, 6.45) is 1.48. The monoisotopic (exact) mass is 429 g/mol. The van der Waals surface area contributed by atoms with Crippen molar-refractivity contribution in [1.29, 1.82) is 0 Å². The van der Waals surface area contributed by atoms with Crippen LogP contribution in [-0.2, 0) is 29.0 Å². The first kappa shape index (κ1) is 22.9. The van der Waals surface area contributed by atoms with E-state index in [0.29, 0.717) is 12.1 Å². The predicted octanol–water partition coefficient (Wildman–Crippen LogP) is 2.78. The second-order valence-corrected chi connectivity index (χ2v) is 6.68. The van der Waals surface area contributed by atoms with Gasteiger partial charge in [-0.25, -0.2) is 18.5 Å². The molecule has 162 valence electrons. The fourth-order valence-electron chi connectivity index (χ4n) is 2.54. The van der Waals surface area contributed by atoms with E-state index in [1.807, 2.05) is 0 Å². The zero-order chi connectivity index (χ0) is 22.6. The van der Waals surface area contributed by atoms with Crippen LogP contribution in [0.15, 0.2) is 29.2 Å². The summed E-state index contributed by atoms with van der Waals surface area (Å²) in [7, 11) is 0. The summed E-state index contributed by atoms with van der Waals surface area (Å²) in [6, 6.07) is 0.732. The predicted molar refractivity (Wildman–Crippen MR) is 98.9 cm³/mol. The number of rotatable bonds is 7. The van der Waals surface area contributed by atoms with Gasteiger partial charge in [0, 0.05) is 0 Å². The maximum atomic E-state index is 14.1. The molecule has 0 spiro atoms. The highest BCUT2D eigenvalue weighted by Gasteiger charge is 2.32. The molecule has 0 fully saturated rings. The molecule has 30 heavy (non-hydrogen) atoms. The van der Waals surface area contributed by atoms with E-state index in [4.69, 9.17) is 11.2 Å². The Bertz CT molecular complexity index is 1020. The molecule has 2 rings (SSSR count). The molecule has 0 radical (unpaired) electrons. The fourth-order valence-corrected chi connectivity index (χ4v) is 2.54. The normalized spacial score (nSPS) is 12.5. The van der Waals surface area contributed by atoms with Gasteiger partial charge in [-0.15, -0.1) is 6.42 Å². The minimum Gasteiger partial charge on any atom is -0.493 e. The number of nitrogens with zero attached hydrogens (tertiary/aromatic N) is 2. The van der Waals surface area contributed by atoms with Crippen LogP contribution in [0.2, 0.25) is 0 Å². The van der Waals surface area contributed by atoms with Crippen LogP contribution in [0, 0.1) is 24.1 Å². The number of imidazole rings is 1. The Morgan fingerprint density at radius 3 is 2.57 bits per heavy atom. The molecule has 0 aliphatic carbocycles. The van der Waals surface area contributed by atoms with Crippen molar-refractivity contribution in [2.45, 2.75) is 39.3 Å². The number of nitrogens with one attached hydrogen (secondary N) is 1. The van der Waals surface area contributed by atoms with Crippen LogP contribution in [0.1, 0.15) is 19.4 Å². The number of esters is 1. The van der Waals surface area contributed by atoms with Gasteiger partial charge < -0.3 is 15.2 Å². The first-order valence-electron chi connectivity index (χ1n) is 8.68. The topological polar surface area (TPSA) is 85.5 Å². The van der Waals surface area contributed by atoms with Gasteiger partial charge in [0.25, 0.3) is 0 Å². The number of carbonyl (C=O) groups is 1. The molecule has 1 aromatic heterocycles. The molecule has 1 heterocycles. The molecule has 0 amide bonds. The Hall–Kier alpha value is -3.42. The number of ether oxygens (including phenoxy) is 1. The average molecular weight is 429 g/mol. The van der Waals surface area contributed by atoms with E-state index >= 15 is 0 Å². The van der Waals surface area contributed by atoms with E-state index in [0.717, 1.165) is 21.4 Å². The molecule has 0 bridgehead atoms. The Balaban J connectivity index is 2.15. The smallest absolute Gasteiger partial charge is 0.416 e. The van der Waals surface area contributed by atoms with Crippen molar-refractivity contribution in [2.24, 2.45) is 5.92 Å². The van der Waals surface area contributed by atoms with E-state index in [-0.39, 0.29) is 12.2 Å². The molecule has 0 saturated carbocycles. The number of hydrogen-bond acceptors (Lipinski definition) is 5. The van der Waals surface area contributed by atoms with Crippen LogP contribution in [0.4, 0.5) is 23.2 Å². The van der Waals surface area contributed by atoms with Gasteiger partial charge >= 0.3 is 17.8 Å². The standard InChI is InChI=1S/C19H19F4N3O4/c1-4-7-25-9-15(27)26(18(25)29)10-30-17(28)16(11(2)3)24-14-6-5-12(8-13(14)20)19(21,22)23/h1,5-6,8-9,11,16,24,27H,7,10H2,2-3H3. The minimum atomic E-state index is -4.71. The summed E-state index contributed by atoms with van der Waals surface area (Å²) in [4.78, 5) is 24.5. The summed E-state index contributed by atoms with van der Waals surface area (Å²) < 4.78 is 58.9. The number of aromatic hydroxyl groups is 1. The van der Waals surface area contributed by atoms with Gasteiger partial charge in [0.1, 0.15) is 11.9 Å². The molecule has 0 aliphatic heterocycles. The highest BCUT2D eigenvalue weighted by atomic mass is 19.4. The van der Waals surface area contributed by atoms with Gasteiger partial charge in [-0.2, -0.15) is 13.2 Å². The first-order chi connectivity index (χ1) is 14.0. The van der Waals surface area contributed by atoms with Gasteiger partial charge in [-0.05, 0) is 24.1 Å². The fraction of sp³-hybridized carbons (Fsp3) is 0.368. The molecule has 1 aromatic carbocycles. The summed E-state index contributed by atoms with van der Waals surface area (Å²) in [5.41, 5.74) is -2.19. The number of aromatic nitrogens is 2. The van der Waals surface area contributed by atoms with Crippen molar-refractivity contribution in [3.63, 3.8) is 0 Å². The lowest BCUT2D eigenvalue weighted by Gasteiger charge is -2.22. The van der Waals surface area contributed by atoms with Crippen molar-refractivity contribution < 1.29 is 32.2 Å². The van der Waals surface area contributed by atoms with E-state index in [2.05, 4.69) is 11.2 Å². The summed E-state index contributed by atoms with van der Waals surface area (Å²) in [6.45, 7) is 2.47. The Labute approximate surface area is 168 Å². The van der Waals surface area contributed by atoms with Crippen molar-refractivity contribution in [3.05, 3.63) is 46.3 Å². The molecular formula is C19H19F4N3O4. The maximum absolute atomic E-state index is 14.1. The third-order valence-corrected chi connectivity index (χ3v) is 4.15. The zero-order valence-corrected chi connectivity index (χ0v) is 16.0. The first-order valence-corrected chi connectivity index (χ1v) is 8.68. The van der Waals surface area contributed by atoms with Crippen molar-refractivity contribution in [2.75, 3.05) is 5.32 Å². The lowest BCUT2D eigenvalue weighted by Crippen LogP contribution is -2.37. The van der Waals surface area contributed by atoms with Crippen molar-refractivity contribution in [3.8, 4) is 18.2 Å². The molecule has 2 aromatic rings. The lowest BCUT2D eigenvalue weighted by atomic mass is 10.0. The number of hydrogen-bond donors (Lipinski definition) is 2.